The minimum Gasteiger partial charge on any atom is -0.495 e. The van der Waals surface area contributed by atoms with Gasteiger partial charge in [-0.3, -0.25) is 9.69 Å². The molecule has 1 rings (SSSR count). The number of halogens is 1. The molecule has 2 N–H and O–H groups in total. The number of anilines is 1. The van der Waals surface area contributed by atoms with Crippen molar-refractivity contribution in [2.24, 2.45) is 0 Å². The Labute approximate surface area is 124 Å². The average molecular weight is 301 g/mol. The van der Waals surface area contributed by atoms with Crippen LogP contribution in [0.5, 0.6) is 5.75 Å². The summed E-state index contributed by atoms with van der Waals surface area (Å²) in [6.45, 7) is 3.86. The van der Waals surface area contributed by atoms with Crippen molar-refractivity contribution in [3.05, 3.63) is 23.2 Å². The summed E-state index contributed by atoms with van der Waals surface area (Å²) in [5.41, 5.74) is 0.638. The molecule has 0 fully saturated rings. The molecule has 0 aliphatic carbocycles. The highest BCUT2D eigenvalue weighted by molar-refractivity contribution is 6.32. The Bertz CT molecular complexity index is 440. The van der Waals surface area contributed by atoms with E-state index in [-0.39, 0.29) is 12.5 Å². The van der Waals surface area contributed by atoms with Crippen LogP contribution in [0.1, 0.15) is 13.3 Å². The predicted octanol–water partition coefficient (Wildman–Crippen LogP) is 1.99. The lowest BCUT2D eigenvalue weighted by Gasteiger charge is -2.19. The highest BCUT2D eigenvalue weighted by Gasteiger charge is 2.10. The van der Waals surface area contributed by atoms with Gasteiger partial charge in [-0.15, -0.1) is 0 Å². The number of carbonyl (C=O) groups excluding carboxylic acids is 1. The van der Waals surface area contributed by atoms with E-state index in [1.165, 1.54) is 0 Å². The van der Waals surface area contributed by atoms with E-state index in [1.54, 1.807) is 25.3 Å². The maximum Gasteiger partial charge on any atom is 0.238 e. The number of nitrogens with zero attached hydrogens (tertiary/aromatic N) is 1. The number of benzene rings is 1. The van der Waals surface area contributed by atoms with E-state index < -0.39 is 0 Å². The van der Waals surface area contributed by atoms with Crippen LogP contribution in [-0.4, -0.2) is 49.3 Å². The number of rotatable bonds is 8. The van der Waals surface area contributed by atoms with E-state index >= 15 is 0 Å². The van der Waals surface area contributed by atoms with Crippen LogP contribution in [0, 0.1) is 0 Å². The number of ether oxygens (including phenoxy) is 1. The van der Waals surface area contributed by atoms with Crippen LogP contribution in [0.25, 0.3) is 0 Å². The molecule has 0 saturated heterocycles. The van der Waals surface area contributed by atoms with Gasteiger partial charge in [0.2, 0.25) is 5.91 Å². The largest absolute Gasteiger partial charge is 0.495 e. The van der Waals surface area contributed by atoms with Gasteiger partial charge >= 0.3 is 0 Å². The molecule has 20 heavy (non-hydrogen) atoms. The molecule has 1 amide bonds. The SMILES string of the molecule is CCN(CCCO)CC(=O)Nc1ccc(OC)c(Cl)c1. The monoisotopic (exact) mass is 300 g/mol. The highest BCUT2D eigenvalue weighted by atomic mass is 35.5. The second-order valence-corrected chi connectivity index (χ2v) is 4.75. The minimum atomic E-state index is -0.106. The van der Waals surface area contributed by atoms with Crippen molar-refractivity contribution in [1.82, 2.24) is 4.90 Å². The Morgan fingerprint density at radius 3 is 2.80 bits per heavy atom. The Balaban J connectivity index is 2.54. The molecule has 0 heterocycles. The second kappa shape index (κ2) is 8.79. The third kappa shape index (κ3) is 5.36. The van der Waals surface area contributed by atoms with E-state index in [9.17, 15) is 4.79 Å². The molecule has 0 saturated carbocycles. The van der Waals surface area contributed by atoms with Gasteiger partial charge in [0.25, 0.3) is 0 Å². The number of nitrogens with one attached hydrogen (secondary N) is 1. The molecule has 0 aliphatic rings. The molecule has 112 valence electrons. The van der Waals surface area contributed by atoms with Crippen molar-refractivity contribution in [3.63, 3.8) is 0 Å². The summed E-state index contributed by atoms with van der Waals surface area (Å²) in [4.78, 5) is 13.9. The fourth-order valence-electron chi connectivity index (χ4n) is 1.79. The van der Waals surface area contributed by atoms with E-state index in [0.717, 1.165) is 6.54 Å². The number of aliphatic hydroxyl groups is 1. The zero-order valence-corrected chi connectivity index (χ0v) is 12.6. The molecular formula is C14H21ClN2O3. The lowest BCUT2D eigenvalue weighted by molar-refractivity contribution is -0.117. The first-order valence-corrected chi connectivity index (χ1v) is 6.95. The molecular weight excluding hydrogens is 280 g/mol. The fourth-order valence-corrected chi connectivity index (χ4v) is 2.05. The smallest absolute Gasteiger partial charge is 0.238 e. The molecule has 0 unspecified atom stereocenters. The van der Waals surface area contributed by atoms with Gasteiger partial charge in [0, 0.05) is 18.8 Å². The van der Waals surface area contributed by atoms with Crippen LogP contribution in [0.3, 0.4) is 0 Å². The first-order chi connectivity index (χ1) is 9.60. The van der Waals surface area contributed by atoms with Gasteiger partial charge in [-0.2, -0.15) is 0 Å². The van der Waals surface area contributed by atoms with Crippen molar-refractivity contribution >= 4 is 23.2 Å². The maximum absolute atomic E-state index is 11.9. The Morgan fingerprint density at radius 1 is 1.50 bits per heavy atom. The Kier molecular flexibility index (Phi) is 7.36. The molecule has 5 nitrogen and oxygen atoms in total. The second-order valence-electron chi connectivity index (χ2n) is 4.34. The summed E-state index contributed by atoms with van der Waals surface area (Å²) in [6.07, 6.45) is 0.662. The topological polar surface area (TPSA) is 61.8 Å². The van der Waals surface area contributed by atoms with Gasteiger partial charge < -0.3 is 15.2 Å². The number of aliphatic hydroxyl groups excluding tert-OH is 1. The van der Waals surface area contributed by atoms with Crippen molar-refractivity contribution in [2.45, 2.75) is 13.3 Å². The van der Waals surface area contributed by atoms with Crippen LogP contribution >= 0.6 is 11.6 Å². The van der Waals surface area contributed by atoms with Gasteiger partial charge in [-0.25, -0.2) is 0 Å². The molecule has 0 bridgehead atoms. The summed E-state index contributed by atoms with van der Waals surface area (Å²) < 4.78 is 5.05. The van der Waals surface area contributed by atoms with E-state index in [2.05, 4.69) is 5.32 Å². The van der Waals surface area contributed by atoms with Crippen LogP contribution in [0.4, 0.5) is 5.69 Å². The van der Waals surface area contributed by atoms with E-state index in [4.69, 9.17) is 21.4 Å². The van der Waals surface area contributed by atoms with Crippen LogP contribution in [0.2, 0.25) is 5.02 Å². The number of hydrogen-bond donors (Lipinski definition) is 2. The molecule has 1 aromatic rings. The van der Waals surface area contributed by atoms with Crippen molar-refractivity contribution in [3.8, 4) is 5.75 Å². The molecule has 1 aromatic carbocycles. The van der Waals surface area contributed by atoms with Crippen molar-refractivity contribution in [1.29, 1.82) is 0 Å². The number of hydrogen-bond acceptors (Lipinski definition) is 4. The molecule has 0 aromatic heterocycles. The number of likely N-dealkylation sites (N-methyl/N-ethyl adjacent to an activating group) is 1. The third-order valence-electron chi connectivity index (χ3n) is 2.88. The summed E-state index contributed by atoms with van der Waals surface area (Å²) in [5.74, 6) is 0.466. The molecule has 6 heteroatoms. The van der Waals surface area contributed by atoms with Gasteiger partial charge in [-0.1, -0.05) is 18.5 Å². The summed E-state index contributed by atoms with van der Waals surface area (Å²) >= 11 is 6.00. The van der Waals surface area contributed by atoms with Crippen molar-refractivity contribution in [2.75, 3.05) is 38.7 Å². The number of methoxy groups -OCH3 is 1. The zero-order valence-electron chi connectivity index (χ0n) is 11.9. The number of amides is 1. The van der Waals surface area contributed by atoms with Gasteiger partial charge in [0.05, 0.1) is 18.7 Å². The third-order valence-corrected chi connectivity index (χ3v) is 3.18. The van der Waals surface area contributed by atoms with Crippen LogP contribution < -0.4 is 10.1 Å². The molecule has 0 radical (unpaired) electrons. The van der Waals surface area contributed by atoms with E-state index in [1.807, 2.05) is 11.8 Å². The lowest BCUT2D eigenvalue weighted by Crippen LogP contribution is -2.34. The van der Waals surface area contributed by atoms with Crippen LogP contribution in [-0.2, 0) is 4.79 Å². The van der Waals surface area contributed by atoms with Crippen molar-refractivity contribution < 1.29 is 14.6 Å². The van der Waals surface area contributed by atoms with Gasteiger partial charge in [0.1, 0.15) is 5.75 Å². The lowest BCUT2D eigenvalue weighted by atomic mass is 10.3. The highest BCUT2D eigenvalue weighted by Crippen LogP contribution is 2.27. The molecule has 0 aliphatic heterocycles. The quantitative estimate of drug-likeness (QED) is 0.771. The normalized spacial score (nSPS) is 10.7. The average Bonchev–Trinajstić information content (AvgIpc) is 2.43. The standard InChI is InChI=1S/C14H21ClN2O3/c1-3-17(7-4-8-18)10-14(19)16-11-5-6-13(20-2)12(15)9-11/h5-6,9,18H,3-4,7-8,10H2,1-2H3,(H,16,19). The first-order valence-electron chi connectivity index (χ1n) is 6.57. The van der Waals surface area contributed by atoms with Gasteiger partial charge in [-0.05, 0) is 31.2 Å². The minimum absolute atomic E-state index is 0.106. The summed E-state index contributed by atoms with van der Waals surface area (Å²) in [6, 6.07) is 5.11. The summed E-state index contributed by atoms with van der Waals surface area (Å²) in [5, 5.41) is 12.1. The number of carbonyl (C=O) groups is 1. The molecule has 0 spiro atoms. The fraction of sp³-hybridized carbons (Fsp3) is 0.500. The molecule has 0 atom stereocenters. The van der Waals surface area contributed by atoms with Gasteiger partial charge in [0.15, 0.2) is 0 Å². The Morgan fingerprint density at radius 2 is 2.25 bits per heavy atom. The van der Waals surface area contributed by atoms with E-state index in [0.29, 0.717) is 36.0 Å². The predicted molar refractivity (Wildman–Crippen MR) is 80.5 cm³/mol. The van der Waals surface area contributed by atoms with Crippen LogP contribution in [0.15, 0.2) is 18.2 Å². The zero-order chi connectivity index (χ0) is 15.0. The Hall–Kier alpha value is -1.30. The first kappa shape index (κ1) is 16.8. The maximum atomic E-state index is 11.9. The summed E-state index contributed by atoms with van der Waals surface area (Å²) in [7, 11) is 1.54.